The zero-order chi connectivity index (χ0) is 9.35. The summed E-state index contributed by atoms with van der Waals surface area (Å²) in [7, 11) is 0.0892. The van der Waals surface area contributed by atoms with E-state index in [1.54, 1.807) is 5.19 Å². The lowest BCUT2D eigenvalue weighted by molar-refractivity contribution is 1.50. The molecule has 66 valence electrons. The third-order valence-corrected chi connectivity index (χ3v) is 4.98. The van der Waals surface area contributed by atoms with E-state index >= 15 is 0 Å². The van der Waals surface area contributed by atoms with E-state index in [0.717, 1.165) is 0 Å². The van der Waals surface area contributed by atoms with Crippen LogP contribution in [0.25, 0.3) is 0 Å². The third-order valence-electron chi connectivity index (χ3n) is 2.20. The molecule has 0 heterocycles. The van der Waals surface area contributed by atoms with E-state index in [9.17, 15) is 0 Å². The lowest BCUT2D eigenvalue weighted by Gasteiger charge is -2.19. The van der Waals surface area contributed by atoms with Crippen molar-refractivity contribution in [3.63, 3.8) is 0 Å². The van der Waals surface area contributed by atoms with Crippen molar-refractivity contribution >= 4 is 28.7 Å². The van der Waals surface area contributed by atoms with E-state index in [4.69, 9.17) is 0 Å². The van der Waals surface area contributed by atoms with E-state index in [1.807, 2.05) is 0 Å². The smallest absolute Gasteiger partial charge is 0.0709 e. The van der Waals surface area contributed by atoms with Crippen LogP contribution in [0.5, 0.6) is 0 Å². The molecule has 0 aliphatic carbocycles. The Bertz CT molecular complexity index is 284. The molecule has 0 aliphatic rings. The molecule has 0 saturated heterocycles. The molecule has 0 nitrogen and oxygen atoms in total. The molecule has 1 aromatic rings. The highest BCUT2D eigenvalue weighted by atomic mass is 28.3. The largest absolute Gasteiger partial charge is 0.0779 e. The van der Waals surface area contributed by atoms with Gasteiger partial charge in [0, 0.05) is 10.2 Å². The van der Waals surface area contributed by atoms with Gasteiger partial charge in [0.1, 0.15) is 0 Å². The molecule has 0 aromatic heterocycles. The summed E-state index contributed by atoms with van der Waals surface area (Å²) < 4.78 is 0. The predicted molar refractivity (Wildman–Crippen MR) is 63.7 cm³/mol. The van der Waals surface area contributed by atoms with Gasteiger partial charge in [-0.05, 0) is 6.92 Å². The van der Waals surface area contributed by atoms with Crippen LogP contribution in [0.1, 0.15) is 5.56 Å². The highest BCUT2D eigenvalue weighted by molar-refractivity contribution is 6.89. The molecule has 2 heteroatoms. The van der Waals surface area contributed by atoms with Gasteiger partial charge in [-0.2, -0.15) is 0 Å². The highest BCUT2D eigenvalue weighted by Gasteiger charge is 2.17. The molecule has 0 bridgehead atoms. The second-order valence-electron chi connectivity index (χ2n) is 4.57. The molecule has 0 spiro atoms. The number of aryl methyl sites for hydroxylation is 1. The minimum Gasteiger partial charge on any atom is -0.0709 e. The maximum atomic E-state index is 2.41. The molecule has 12 heavy (non-hydrogen) atoms. The molecule has 1 rings (SSSR count). The first-order valence-electron chi connectivity index (χ1n) is 4.49. The average Bonchev–Trinajstić information content (AvgIpc) is 1.92. The fourth-order valence-corrected chi connectivity index (χ4v) is 4.21. The van der Waals surface area contributed by atoms with Crippen molar-refractivity contribution in [3.05, 3.63) is 23.8 Å². The van der Waals surface area contributed by atoms with Crippen LogP contribution < -0.4 is 10.4 Å². The number of benzene rings is 1. The van der Waals surface area contributed by atoms with Gasteiger partial charge in [-0.25, -0.2) is 0 Å². The molecule has 0 unspecified atom stereocenters. The first-order chi connectivity index (χ1) is 5.41. The van der Waals surface area contributed by atoms with Crippen LogP contribution >= 0.6 is 0 Å². The Hall–Kier alpha value is -0.346. The van der Waals surface area contributed by atoms with Crippen LogP contribution in [0.15, 0.2) is 18.2 Å². The van der Waals surface area contributed by atoms with Crippen LogP contribution in [0.2, 0.25) is 19.6 Å². The lowest BCUT2D eigenvalue weighted by atomic mass is 10.2. The Morgan fingerprint density at radius 2 is 1.75 bits per heavy atom. The molecule has 0 fully saturated rings. The predicted octanol–water partition coefficient (Wildman–Crippen LogP) is 0.531. The summed E-state index contributed by atoms with van der Waals surface area (Å²) in [6.07, 6.45) is 0. The summed E-state index contributed by atoms with van der Waals surface area (Å²) in [6.45, 7) is 9.47. The highest BCUT2D eigenvalue weighted by Crippen LogP contribution is 2.04. The van der Waals surface area contributed by atoms with E-state index in [0.29, 0.717) is 0 Å². The molecule has 1 aromatic carbocycles. The van der Waals surface area contributed by atoms with Gasteiger partial charge in [0.15, 0.2) is 0 Å². The van der Waals surface area contributed by atoms with E-state index < -0.39 is 8.07 Å². The van der Waals surface area contributed by atoms with Crippen LogP contribution in [-0.2, 0) is 0 Å². The van der Waals surface area contributed by atoms with Crippen molar-refractivity contribution in [2.45, 2.75) is 26.6 Å². The van der Waals surface area contributed by atoms with Gasteiger partial charge in [0.2, 0.25) is 0 Å². The first-order valence-corrected chi connectivity index (χ1v) is 8.99. The fourth-order valence-electron chi connectivity index (χ4n) is 1.54. The molecule has 0 N–H and O–H groups in total. The second-order valence-corrected chi connectivity index (χ2v) is 10.8. The standard InChI is InChI=1S/C10H18Si2/c1-8-5-6-9(11)7-10(8)12(2,3)4/h5-7H,1-4,11H3. The zero-order valence-corrected chi connectivity index (χ0v) is 11.7. The number of hydrogen-bond acceptors (Lipinski definition) is 0. The molecule has 0 amide bonds. The normalized spacial score (nSPS) is 12.0. The SMILES string of the molecule is Cc1ccc([SiH3])cc1[Si](C)(C)C. The van der Waals surface area contributed by atoms with Crippen molar-refractivity contribution in [2.75, 3.05) is 0 Å². The fraction of sp³-hybridized carbons (Fsp3) is 0.400. The molecular formula is C10H18Si2. The molecule has 0 radical (unpaired) electrons. The average molecular weight is 194 g/mol. The lowest BCUT2D eigenvalue weighted by Crippen LogP contribution is -2.41. The zero-order valence-electron chi connectivity index (χ0n) is 8.73. The maximum absolute atomic E-state index is 2.41. The second kappa shape index (κ2) is 3.19. The van der Waals surface area contributed by atoms with Gasteiger partial charge in [0.25, 0.3) is 0 Å². The van der Waals surface area contributed by atoms with Crippen molar-refractivity contribution in [1.29, 1.82) is 0 Å². The van der Waals surface area contributed by atoms with Crippen LogP contribution in [0.3, 0.4) is 0 Å². The minimum atomic E-state index is -1.09. The Labute approximate surface area is 79.4 Å². The van der Waals surface area contributed by atoms with Crippen molar-refractivity contribution in [1.82, 2.24) is 0 Å². The first kappa shape index (κ1) is 9.74. The Balaban J connectivity index is 3.23. The number of hydrogen-bond donors (Lipinski definition) is 0. The summed E-state index contributed by atoms with van der Waals surface area (Å²) >= 11 is 0. The monoisotopic (exact) mass is 194 g/mol. The molecule has 0 aliphatic heterocycles. The summed E-state index contributed by atoms with van der Waals surface area (Å²) in [4.78, 5) is 0. The van der Waals surface area contributed by atoms with Gasteiger partial charge in [0.05, 0.1) is 8.07 Å². The van der Waals surface area contributed by atoms with E-state index in [1.165, 1.54) is 21.0 Å². The van der Waals surface area contributed by atoms with Gasteiger partial charge >= 0.3 is 0 Å². The summed E-state index contributed by atoms with van der Waals surface area (Å²) in [5, 5.41) is 3.16. The minimum absolute atomic E-state index is 1.09. The van der Waals surface area contributed by atoms with Crippen LogP contribution in [0, 0.1) is 6.92 Å². The third kappa shape index (κ3) is 2.08. The van der Waals surface area contributed by atoms with Gasteiger partial charge in [-0.1, -0.05) is 53.8 Å². The van der Waals surface area contributed by atoms with E-state index in [-0.39, 0.29) is 0 Å². The van der Waals surface area contributed by atoms with Crippen molar-refractivity contribution in [2.24, 2.45) is 0 Å². The molecule has 0 atom stereocenters. The quantitative estimate of drug-likeness (QED) is 0.572. The Morgan fingerprint density at radius 3 is 2.17 bits per heavy atom. The molecule has 0 saturated carbocycles. The van der Waals surface area contributed by atoms with Gasteiger partial charge < -0.3 is 0 Å². The van der Waals surface area contributed by atoms with Gasteiger partial charge in [-0.3, -0.25) is 0 Å². The van der Waals surface area contributed by atoms with Crippen molar-refractivity contribution < 1.29 is 0 Å². The van der Waals surface area contributed by atoms with Crippen LogP contribution in [-0.4, -0.2) is 18.3 Å². The van der Waals surface area contributed by atoms with E-state index in [2.05, 4.69) is 44.8 Å². The Kier molecular flexibility index (Phi) is 2.59. The summed E-state index contributed by atoms with van der Waals surface area (Å²) in [6, 6.07) is 6.94. The summed E-state index contributed by atoms with van der Waals surface area (Å²) in [5.74, 6) is 0. The molecular weight excluding hydrogens is 176 g/mol. The topological polar surface area (TPSA) is 0 Å². The summed E-state index contributed by atoms with van der Waals surface area (Å²) in [5.41, 5.74) is 1.48. The van der Waals surface area contributed by atoms with Gasteiger partial charge in [-0.15, -0.1) is 0 Å². The van der Waals surface area contributed by atoms with Crippen LogP contribution in [0.4, 0.5) is 0 Å². The van der Waals surface area contributed by atoms with Crippen molar-refractivity contribution in [3.8, 4) is 0 Å². The Morgan fingerprint density at radius 1 is 1.17 bits per heavy atom. The number of rotatable bonds is 1. The maximum Gasteiger partial charge on any atom is 0.0779 e.